The van der Waals surface area contributed by atoms with Crippen molar-refractivity contribution in [3.05, 3.63) is 0 Å². The summed E-state index contributed by atoms with van der Waals surface area (Å²) >= 11 is 0. The molecule has 0 aliphatic carbocycles. The van der Waals surface area contributed by atoms with E-state index in [9.17, 15) is 8.42 Å². The molecule has 0 aliphatic heterocycles. The van der Waals surface area contributed by atoms with Gasteiger partial charge >= 0.3 is 10.1 Å². The van der Waals surface area contributed by atoms with Gasteiger partial charge in [0.05, 0.1) is 0 Å². The van der Waals surface area contributed by atoms with Crippen LogP contribution in [0.1, 0.15) is 13.3 Å². The van der Waals surface area contributed by atoms with E-state index in [1.807, 2.05) is 6.92 Å². The molecule has 0 saturated heterocycles. The van der Waals surface area contributed by atoms with Crippen molar-refractivity contribution in [1.29, 1.82) is 0 Å². The summed E-state index contributed by atoms with van der Waals surface area (Å²) in [5, 5.41) is 10.8. The lowest BCUT2D eigenvalue weighted by Gasteiger charge is -2.06. The lowest BCUT2D eigenvalue weighted by Crippen LogP contribution is -2.36. The Bertz CT molecular complexity index is 176. The van der Waals surface area contributed by atoms with Crippen molar-refractivity contribution in [2.75, 3.05) is 6.54 Å². The minimum absolute atomic E-state index is 0.348. The number of aliphatic hydroxyl groups excluding tert-OH is 1. The molecule has 0 radical (unpaired) electrons. The molecule has 6 heteroatoms. The van der Waals surface area contributed by atoms with Crippen LogP contribution in [0.5, 0.6) is 0 Å². The second kappa shape index (κ2) is 3.87. The molecule has 0 heterocycles. The van der Waals surface area contributed by atoms with Gasteiger partial charge in [-0.05, 0) is 13.0 Å². The molecule has 0 spiro atoms. The van der Waals surface area contributed by atoms with Gasteiger partial charge in [0.15, 0.2) is 0 Å². The summed E-state index contributed by atoms with van der Waals surface area (Å²) in [5.41, 5.74) is -1.85. The third kappa shape index (κ3) is 3.78. The van der Waals surface area contributed by atoms with Gasteiger partial charge in [-0.2, -0.15) is 8.42 Å². The number of hydrogen-bond acceptors (Lipinski definition) is 4. The number of rotatable bonds is 4. The van der Waals surface area contributed by atoms with Gasteiger partial charge < -0.3 is 5.11 Å². The van der Waals surface area contributed by atoms with E-state index in [0.29, 0.717) is 13.0 Å². The summed E-state index contributed by atoms with van der Waals surface area (Å²) in [5.74, 6) is 0. The van der Waals surface area contributed by atoms with Crippen molar-refractivity contribution in [3.63, 3.8) is 0 Å². The molecule has 0 saturated carbocycles. The Balaban J connectivity index is 3.75. The average molecular weight is 169 g/mol. The van der Waals surface area contributed by atoms with Crippen molar-refractivity contribution < 1.29 is 18.1 Å². The first-order valence-corrected chi connectivity index (χ1v) is 4.36. The normalized spacial score (nSPS) is 15.1. The van der Waals surface area contributed by atoms with E-state index in [-0.39, 0.29) is 0 Å². The maximum atomic E-state index is 10.1. The lowest BCUT2D eigenvalue weighted by atomic mass is 10.5. The molecule has 0 aliphatic rings. The first-order valence-electron chi connectivity index (χ1n) is 2.86. The van der Waals surface area contributed by atoms with Gasteiger partial charge in [0.25, 0.3) is 0 Å². The van der Waals surface area contributed by atoms with E-state index < -0.39 is 15.7 Å². The van der Waals surface area contributed by atoms with E-state index in [0.717, 1.165) is 0 Å². The molecular formula is C4H11NO4S. The Hall–Kier alpha value is -0.170. The summed E-state index contributed by atoms with van der Waals surface area (Å²) in [6.07, 6.45) is 0.687. The fourth-order valence-corrected chi connectivity index (χ4v) is 0.702. The Morgan fingerprint density at radius 1 is 1.60 bits per heavy atom. The number of hydrogen-bond donors (Lipinski definition) is 3. The Morgan fingerprint density at radius 2 is 2.10 bits per heavy atom. The molecule has 62 valence electrons. The quantitative estimate of drug-likeness (QED) is 0.377. The zero-order valence-electron chi connectivity index (χ0n) is 5.61. The van der Waals surface area contributed by atoms with E-state index in [1.165, 1.54) is 0 Å². The van der Waals surface area contributed by atoms with Crippen LogP contribution in [0.25, 0.3) is 0 Å². The topological polar surface area (TPSA) is 86.6 Å². The molecule has 0 bridgehead atoms. The number of nitrogens with one attached hydrogen (secondary N) is 1. The average Bonchev–Trinajstić information content (AvgIpc) is 1.80. The monoisotopic (exact) mass is 169 g/mol. The molecule has 0 aromatic rings. The van der Waals surface area contributed by atoms with Crippen LogP contribution in [-0.4, -0.2) is 30.2 Å². The zero-order chi connectivity index (χ0) is 8.20. The highest BCUT2D eigenvalue weighted by Crippen LogP contribution is 1.88. The molecule has 0 aromatic heterocycles. The third-order valence-corrected chi connectivity index (χ3v) is 1.58. The molecule has 0 amide bonds. The summed E-state index contributed by atoms with van der Waals surface area (Å²) in [7, 11) is -4.33. The van der Waals surface area contributed by atoms with Crippen LogP contribution in [0.15, 0.2) is 0 Å². The van der Waals surface area contributed by atoms with Crippen LogP contribution in [0.3, 0.4) is 0 Å². The second-order valence-electron chi connectivity index (χ2n) is 1.82. The van der Waals surface area contributed by atoms with Gasteiger partial charge in [-0.1, -0.05) is 6.92 Å². The van der Waals surface area contributed by atoms with Gasteiger partial charge in [0, 0.05) is 0 Å². The summed E-state index contributed by atoms with van der Waals surface area (Å²) in [6.45, 7) is 2.16. The lowest BCUT2D eigenvalue weighted by molar-refractivity contribution is 0.198. The van der Waals surface area contributed by atoms with Crippen molar-refractivity contribution in [3.8, 4) is 0 Å². The van der Waals surface area contributed by atoms with E-state index in [1.54, 1.807) is 0 Å². The second-order valence-corrected chi connectivity index (χ2v) is 3.30. The van der Waals surface area contributed by atoms with Crippen LogP contribution in [-0.2, 0) is 10.1 Å². The zero-order valence-corrected chi connectivity index (χ0v) is 6.43. The maximum absolute atomic E-state index is 10.1. The van der Waals surface area contributed by atoms with Crippen LogP contribution in [0.2, 0.25) is 0 Å². The smallest absolute Gasteiger partial charge is 0.306 e. The van der Waals surface area contributed by atoms with Gasteiger partial charge in [-0.15, -0.1) is 0 Å². The van der Waals surface area contributed by atoms with Crippen molar-refractivity contribution in [2.24, 2.45) is 0 Å². The molecular weight excluding hydrogens is 158 g/mol. The molecule has 1 unspecified atom stereocenters. The predicted octanol–water partition coefficient (Wildman–Crippen LogP) is -0.850. The van der Waals surface area contributed by atoms with Crippen LogP contribution in [0.4, 0.5) is 0 Å². The van der Waals surface area contributed by atoms with Gasteiger partial charge in [0.2, 0.25) is 5.56 Å². The minimum atomic E-state index is -4.33. The standard InChI is InChI=1S/C4H11NO4S/c1-2-3-5-4(6)10(7,8)9/h4-6H,2-3H2,1H3,(H,7,8,9). The minimum Gasteiger partial charge on any atom is -0.363 e. The molecule has 5 nitrogen and oxygen atoms in total. The molecule has 0 rings (SSSR count). The fourth-order valence-electron chi connectivity index (χ4n) is 0.373. The summed E-state index contributed by atoms with van der Waals surface area (Å²) in [4.78, 5) is 0. The first kappa shape index (κ1) is 9.83. The van der Waals surface area contributed by atoms with E-state index >= 15 is 0 Å². The molecule has 0 fully saturated rings. The van der Waals surface area contributed by atoms with Crippen molar-refractivity contribution in [2.45, 2.75) is 18.9 Å². The molecule has 10 heavy (non-hydrogen) atoms. The summed E-state index contributed by atoms with van der Waals surface area (Å²) < 4.78 is 28.3. The first-order chi connectivity index (χ1) is 4.48. The maximum Gasteiger partial charge on any atom is 0.306 e. The third-order valence-electron chi connectivity index (χ3n) is 0.851. The highest BCUT2D eigenvalue weighted by molar-refractivity contribution is 7.86. The van der Waals surface area contributed by atoms with Crippen molar-refractivity contribution in [1.82, 2.24) is 5.32 Å². The van der Waals surface area contributed by atoms with Crippen LogP contribution < -0.4 is 5.32 Å². The Kier molecular flexibility index (Phi) is 3.80. The summed E-state index contributed by atoms with van der Waals surface area (Å²) in [6, 6.07) is 0. The van der Waals surface area contributed by atoms with Crippen LogP contribution >= 0.6 is 0 Å². The SMILES string of the molecule is CCCNC(O)S(=O)(=O)O. The van der Waals surface area contributed by atoms with E-state index in [2.05, 4.69) is 5.32 Å². The molecule has 0 aromatic carbocycles. The predicted molar refractivity (Wildman–Crippen MR) is 35.8 cm³/mol. The Labute approximate surface area is 59.8 Å². The fraction of sp³-hybridized carbons (Fsp3) is 1.00. The van der Waals surface area contributed by atoms with E-state index in [4.69, 9.17) is 9.66 Å². The highest BCUT2D eigenvalue weighted by Gasteiger charge is 2.17. The molecule has 1 atom stereocenters. The van der Waals surface area contributed by atoms with Gasteiger partial charge in [0.1, 0.15) is 0 Å². The molecule has 3 N–H and O–H groups in total. The van der Waals surface area contributed by atoms with Gasteiger partial charge in [-0.25, -0.2) is 0 Å². The van der Waals surface area contributed by atoms with Crippen LogP contribution in [0, 0.1) is 0 Å². The van der Waals surface area contributed by atoms with Crippen molar-refractivity contribution >= 4 is 10.1 Å². The Morgan fingerprint density at radius 3 is 2.40 bits per heavy atom. The highest BCUT2D eigenvalue weighted by atomic mass is 32.2. The largest absolute Gasteiger partial charge is 0.363 e. The number of aliphatic hydroxyl groups is 1. The van der Waals surface area contributed by atoms with Gasteiger partial charge in [-0.3, -0.25) is 9.87 Å².